The topological polar surface area (TPSA) is 22.0 Å². The zero-order valence-electron chi connectivity index (χ0n) is 11.5. The standard InChI is InChI=1S/C16H15F2NO/c1-9-6-13(18)15(8-12(9)17)19-10(2)7-11-14(19)4-3-5-16(11)20/h6-8H,3-5H2,1-2H3. The summed E-state index contributed by atoms with van der Waals surface area (Å²) in [5.74, 6) is -0.824. The minimum Gasteiger partial charge on any atom is -0.315 e. The molecule has 0 unspecified atom stereocenters. The maximum absolute atomic E-state index is 14.2. The van der Waals surface area contributed by atoms with Gasteiger partial charge in [0.1, 0.15) is 11.6 Å². The van der Waals surface area contributed by atoms with Gasteiger partial charge in [0, 0.05) is 29.4 Å². The van der Waals surface area contributed by atoms with E-state index in [9.17, 15) is 13.6 Å². The fraction of sp³-hybridized carbons (Fsp3) is 0.312. The zero-order valence-corrected chi connectivity index (χ0v) is 11.5. The first-order valence-electron chi connectivity index (χ1n) is 6.69. The van der Waals surface area contributed by atoms with Gasteiger partial charge < -0.3 is 4.57 Å². The van der Waals surface area contributed by atoms with Crippen LogP contribution in [0.15, 0.2) is 18.2 Å². The van der Waals surface area contributed by atoms with Crippen molar-refractivity contribution in [1.29, 1.82) is 0 Å². The van der Waals surface area contributed by atoms with E-state index in [-0.39, 0.29) is 17.0 Å². The summed E-state index contributed by atoms with van der Waals surface area (Å²) in [7, 11) is 0. The molecule has 4 heteroatoms. The minimum absolute atomic E-state index is 0.0843. The first-order valence-corrected chi connectivity index (χ1v) is 6.69. The number of halogens is 2. The van der Waals surface area contributed by atoms with Gasteiger partial charge >= 0.3 is 0 Å². The van der Waals surface area contributed by atoms with Crippen molar-refractivity contribution in [3.8, 4) is 5.69 Å². The summed E-state index contributed by atoms with van der Waals surface area (Å²) in [4.78, 5) is 11.9. The molecule has 2 aromatic rings. The molecule has 0 saturated carbocycles. The van der Waals surface area contributed by atoms with Crippen molar-refractivity contribution in [2.75, 3.05) is 0 Å². The maximum Gasteiger partial charge on any atom is 0.164 e. The monoisotopic (exact) mass is 275 g/mol. The van der Waals surface area contributed by atoms with Crippen molar-refractivity contribution in [2.24, 2.45) is 0 Å². The quantitative estimate of drug-likeness (QED) is 0.774. The molecule has 0 atom stereocenters. The smallest absolute Gasteiger partial charge is 0.164 e. The molecule has 0 radical (unpaired) electrons. The van der Waals surface area contributed by atoms with E-state index in [4.69, 9.17) is 0 Å². The van der Waals surface area contributed by atoms with Crippen LogP contribution < -0.4 is 0 Å². The third-order valence-electron chi connectivity index (χ3n) is 3.87. The molecule has 1 aromatic carbocycles. The third kappa shape index (κ3) is 1.87. The lowest BCUT2D eigenvalue weighted by molar-refractivity contribution is 0.0972. The van der Waals surface area contributed by atoms with Crippen molar-refractivity contribution in [3.63, 3.8) is 0 Å². The van der Waals surface area contributed by atoms with Crippen LogP contribution in [0, 0.1) is 25.5 Å². The van der Waals surface area contributed by atoms with Crippen LogP contribution >= 0.6 is 0 Å². The van der Waals surface area contributed by atoms with E-state index in [0.29, 0.717) is 18.4 Å². The highest BCUT2D eigenvalue weighted by Crippen LogP contribution is 2.30. The molecule has 1 aromatic heterocycles. The van der Waals surface area contributed by atoms with E-state index in [1.54, 1.807) is 10.6 Å². The highest BCUT2D eigenvalue weighted by Gasteiger charge is 2.24. The molecule has 0 fully saturated rings. The molecule has 2 nitrogen and oxygen atoms in total. The lowest BCUT2D eigenvalue weighted by Gasteiger charge is -2.17. The van der Waals surface area contributed by atoms with Crippen LogP contribution in [-0.4, -0.2) is 10.4 Å². The van der Waals surface area contributed by atoms with Crippen LogP contribution in [0.25, 0.3) is 5.69 Å². The van der Waals surface area contributed by atoms with Gasteiger partial charge in [-0.2, -0.15) is 0 Å². The Morgan fingerprint density at radius 2 is 1.80 bits per heavy atom. The maximum atomic E-state index is 14.2. The summed E-state index contributed by atoms with van der Waals surface area (Å²) < 4.78 is 29.6. The second kappa shape index (κ2) is 4.54. The van der Waals surface area contributed by atoms with E-state index >= 15 is 0 Å². The van der Waals surface area contributed by atoms with E-state index < -0.39 is 11.6 Å². The van der Waals surface area contributed by atoms with Crippen molar-refractivity contribution < 1.29 is 13.6 Å². The highest BCUT2D eigenvalue weighted by molar-refractivity contribution is 5.98. The Hall–Kier alpha value is -1.97. The first kappa shape index (κ1) is 13.0. The van der Waals surface area contributed by atoms with Gasteiger partial charge in [0.15, 0.2) is 5.78 Å². The van der Waals surface area contributed by atoms with E-state index in [0.717, 1.165) is 17.8 Å². The van der Waals surface area contributed by atoms with E-state index in [2.05, 4.69) is 0 Å². The Morgan fingerprint density at radius 1 is 1.05 bits per heavy atom. The summed E-state index contributed by atoms with van der Waals surface area (Å²) in [6.07, 6.45) is 2.00. The fourth-order valence-corrected chi connectivity index (χ4v) is 2.87. The number of nitrogens with zero attached hydrogens (tertiary/aromatic N) is 1. The second-order valence-electron chi connectivity index (χ2n) is 5.31. The number of aromatic nitrogens is 1. The Kier molecular flexibility index (Phi) is 2.96. The van der Waals surface area contributed by atoms with Crippen LogP contribution in [0.4, 0.5) is 8.78 Å². The molecular weight excluding hydrogens is 260 g/mol. The fourth-order valence-electron chi connectivity index (χ4n) is 2.87. The molecule has 1 aliphatic carbocycles. The molecule has 1 aliphatic rings. The first-order chi connectivity index (χ1) is 9.49. The third-order valence-corrected chi connectivity index (χ3v) is 3.87. The summed E-state index contributed by atoms with van der Waals surface area (Å²) in [5, 5.41) is 0. The summed E-state index contributed by atoms with van der Waals surface area (Å²) >= 11 is 0. The normalized spacial score (nSPS) is 14.5. The van der Waals surface area contributed by atoms with Gasteiger partial charge in [0.05, 0.1) is 5.69 Å². The van der Waals surface area contributed by atoms with Crippen LogP contribution in [0.3, 0.4) is 0 Å². The molecule has 104 valence electrons. The van der Waals surface area contributed by atoms with Gasteiger partial charge in [0.2, 0.25) is 0 Å². The number of carbonyl (C=O) groups excluding carboxylic acids is 1. The molecule has 1 heterocycles. The Bertz CT molecular complexity index is 716. The number of aryl methyl sites for hydroxylation is 2. The molecule has 3 rings (SSSR count). The molecule has 0 spiro atoms. The molecule has 0 bridgehead atoms. The minimum atomic E-state index is -0.469. The molecule has 0 saturated heterocycles. The van der Waals surface area contributed by atoms with Crippen LogP contribution in [0.5, 0.6) is 0 Å². The molecule has 0 aliphatic heterocycles. The molecule has 0 amide bonds. The largest absolute Gasteiger partial charge is 0.315 e. The van der Waals surface area contributed by atoms with Gasteiger partial charge in [-0.1, -0.05) is 0 Å². The Morgan fingerprint density at radius 3 is 2.55 bits per heavy atom. The predicted molar refractivity (Wildman–Crippen MR) is 72.4 cm³/mol. The Labute approximate surface area is 116 Å². The summed E-state index contributed by atoms with van der Waals surface area (Å²) in [6, 6.07) is 4.17. The van der Waals surface area contributed by atoms with Crippen LogP contribution in [-0.2, 0) is 6.42 Å². The second-order valence-corrected chi connectivity index (χ2v) is 5.31. The zero-order chi connectivity index (χ0) is 14.4. The van der Waals surface area contributed by atoms with Gasteiger partial charge in [-0.3, -0.25) is 4.79 Å². The molecule has 0 N–H and O–H groups in total. The molecule has 20 heavy (non-hydrogen) atoms. The van der Waals surface area contributed by atoms with Crippen molar-refractivity contribution in [2.45, 2.75) is 33.1 Å². The van der Waals surface area contributed by atoms with Crippen molar-refractivity contribution in [1.82, 2.24) is 4.57 Å². The molecular formula is C16H15F2NO. The van der Waals surface area contributed by atoms with Gasteiger partial charge in [-0.15, -0.1) is 0 Å². The number of ketones is 1. The van der Waals surface area contributed by atoms with Crippen molar-refractivity contribution >= 4 is 5.78 Å². The number of carbonyl (C=O) groups is 1. The van der Waals surface area contributed by atoms with E-state index in [1.807, 2.05) is 6.92 Å². The summed E-state index contributed by atoms with van der Waals surface area (Å²) in [5.41, 5.74) is 2.66. The lowest BCUT2D eigenvalue weighted by atomic mass is 9.96. The van der Waals surface area contributed by atoms with Crippen LogP contribution in [0.2, 0.25) is 0 Å². The number of Topliss-reactive ketones (excluding diaryl/α,β-unsaturated/α-hetero) is 1. The number of hydrogen-bond donors (Lipinski definition) is 0. The van der Waals surface area contributed by atoms with Gasteiger partial charge in [0.25, 0.3) is 0 Å². The average molecular weight is 275 g/mol. The van der Waals surface area contributed by atoms with E-state index in [1.165, 1.54) is 19.1 Å². The number of benzene rings is 1. The highest BCUT2D eigenvalue weighted by atomic mass is 19.1. The lowest BCUT2D eigenvalue weighted by Crippen LogP contribution is -2.13. The summed E-state index contributed by atoms with van der Waals surface area (Å²) in [6.45, 7) is 3.34. The van der Waals surface area contributed by atoms with Gasteiger partial charge in [-0.05, 0) is 44.4 Å². The Balaban J connectivity index is 2.26. The van der Waals surface area contributed by atoms with Crippen molar-refractivity contribution in [3.05, 3.63) is 52.3 Å². The number of rotatable bonds is 1. The number of hydrogen-bond acceptors (Lipinski definition) is 1. The average Bonchev–Trinajstić information content (AvgIpc) is 2.72. The van der Waals surface area contributed by atoms with Crippen LogP contribution in [0.1, 0.15) is 40.2 Å². The SMILES string of the molecule is Cc1cc(F)c(-n2c(C)cc3c2CCCC3=O)cc1F. The predicted octanol–water partition coefficient (Wildman–Crippen LogP) is 3.89. The number of fused-ring (bicyclic) bond motifs is 1. The van der Waals surface area contributed by atoms with Gasteiger partial charge in [-0.25, -0.2) is 8.78 Å².